The number of halogens is 3. The molecule has 1 fully saturated rings. The van der Waals surface area contributed by atoms with Crippen molar-refractivity contribution in [3.8, 4) is 0 Å². The summed E-state index contributed by atoms with van der Waals surface area (Å²) in [7, 11) is 0. The summed E-state index contributed by atoms with van der Waals surface area (Å²) in [4.78, 5) is 19.2. The zero-order valence-corrected chi connectivity index (χ0v) is 10.8. The van der Waals surface area contributed by atoms with Crippen molar-refractivity contribution >= 4 is 17.7 Å². The largest absolute Gasteiger partial charge is 0.478 e. The third-order valence-electron chi connectivity index (χ3n) is 2.60. The second-order valence-electron chi connectivity index (χ2n) is 4.33. The number of hydrogen-bond donors (Lipinski definition) is 1. The first-order valence-electron chi connectivity index (χ1n) is 5.59. The molecule has 1 saturated carbocycles. The lowest BCUT2D eigenvalue weighted by Crippen LogP contribution is -2.14. The molecular weight excluding hydrogens is 281 g/mol. The Morgan fingerprint density at radius 3 is 2.53 bits per heavy atom. The highest BCUT2D eigenvalue weighted by atomic mass is 32.2. The van der Waals surface area contributed by atoms with E-state index in [4.69, 9.17) is 5.11 Å². The molecular formula is C11H11F3N2O2S. The van der Waals surface area contributed by atoms with Crippen LogP contribution in [0.15, 0.2) is 5.03 Å². The van der Waals surface area contributed by atoms with E-state index in [0.717, 1.165) is 12.8 Å². The van der Waals surface area contributed by atoms with Crippen LogP contribution in [0.4, 0.5) is 13.2 Å². The van der Waals surface area contributed by atoms with Crippen molar-refractivity contribution < 1.29 is 23.1 Å². The van der Waals surface area contributed by atoms with Gasteiger partial charge < -0.3 is 5.11 Å². The number of aromatic nitrogens is 2. The second-order valence-corrected chi connectivity index (χ2v) is 5.29. The molecule has 0 atom stereocenters. The average molecular weight is 292 g/mol. The van der Waals surface area contributed by atoms with Crippen LogP contribution in [0, 0.1) is 6.92 Å². The van der Waals surface area contributed by atoms with Gasteiger partial charge in [-0.25, -0.2) is 14.8 Å². The van der Waals surface area contributed by atoms with Crippen molar-refractivity contribution in [3.05, 3.63) is 17.1 Å². The fourth-order valence-electron chi connectivity index (χ4n) is 1.59. The van der Waals surface area contributed by atoms with Crippen molar-refractivity contribution in [1.29, 1.82) is 0 Å². The summed E-state index contributed by atoms with van der Waals surface area (Å²) in [5.74, 6) is -1.85. The zero-order valence-electron chi connectivity index (χ0n) is 9.99. The van der Waals surface area contributed by atoms with Crippen molar-refractivity contribution in [2.75, 3.05) is 5.75 Å². The highest BCUT2D eigenvalue weighted by molar-refractivity contribution is 7.99. The molecule has 1 aromatic heterocycles. The summed E-state index contributed by atoms with van der Waals surface area (Å²) >= 11 is 0.399. The molecule has 0 aromatic carbocycles. The zero-order chi connectivity index (χ0) is 14.2. The van der Waals surface area contributed by atoms with Gasteiger partial charge in [0, 0.05) is 5.92 Å². The molecule has 1 heterocycles. The summed E-state index contributed by atoms with van der Waals surface area (Å²) in [6, 6.07) is 0. The molecule has 0 aliphatic heterocycles. The van der Waals surface area contributed by atoms with Gasteiger partial charge in [-0.15, -0.1) is 0 Å². The number of aryl methyl sites for hydroxylation is 1. The molecule has 4 nitrogen and oxygen atoms in total. The molecule has 8 heteroatoms. The van der Waals surface area contributed by atoms with Gasteiger partial charge >= 0.3 is 12.1 Å². The topological polar surface area (TPSA) is 63.1 Å². The third-order valence-corrected chi connectivity index (χ3v) is 3.64. The molecule has 0 spiro atoms. The van der Waals surface area contributed by atoms with Gasteiger partial charge in [-0.2, -0.15) is 13.2 Å². The van der Waals surface area contributed by atoms with Crippen LogP contribution >= 0.6 is 11.8 Å². The monoisotopic (exact) mass is 292 g/mol. The first kappa shape index (κ1) is 14.1. The van der Waals surface area contributed by atoms with Crippen LogP contribution in [0.25, 0.3) is 0 Å². The standard InChI is InChI=1S/C11H11F3N2O2S/c1-5-7(10(17)18)9(19-4-11(12,13)14)16-8(15-5)6-2-3-6/h6H,2-4H2,1H3,(H,17,18). The van der Waals surface area contributed by atoms with Gasteiger partial charge in [0.05, 0.1) is 11.4 Å². The Hall–Kier alpha value is -1.31. The summed E-state index contributed by atoms with van der Waals surface area (Å²) in [6.45, 7) is 1.48. The molecule has 0 unspecified atom stereocenters. The minimum absolute atomic E-state index is 0.0979. The molecule has 1 aliphatic carbocycles. The first-order chi connectivity index (χ1) is 8.78. The van der Waals surface area contributed by atoms with E-state index in [2.05, 4.69) is 9.97 Å². The van der Waals surface area contributed by atoms with Gasteiger partial charge in [0.1, 0.15) is 16.4 Å². The summed E-state index contributed by atoms with van der Waals surface area (Å²) in [6.07, 6.45) is -2.57. The Morgan fingerprint density at radius 1 is 1.42 bits per heavy atom. The van der Waals surface area contributed by atoms with Crippen molar-refractivity contribution in [3.63, 3.8) is 0 Å². The molecule has 1 N–H and O–H groups in total. The van der Waals surface area contributed by atoms with Crippen LogP contribution in [0.1, 0.15) is 40.6 Å². The van der Waals surface area contributed by atoms with E-state index in [1.54, 1.807) is 0 Å². The van der Waals surface area contributed by atoms with Gasteiger partial charge in [0.15, 0.2) is 0 Å². The predicted octanol–water partition coefficient (Wildman–Crippen LogP) is 3.02. The molecule has 1 aliphatic rings. The van der Waals surface area contributed by atoms with Crippen molar-refractivity contribution in [1.82, 2.24) is 9.97 Å². The maximum absolute atomic E-state index is 12.2. The summed E-state index contributed by atoms with van der Waals surface area (Å²) in [5.41, 5.74) is -0.0206. The van der Waals surface area contributed by atoms with Crippen LogP contribution in [0.2, 0.25) is 0 Å². The number of alkyl halides is 3. The maximum atomic E-state index is 12.2. The van der Waals surface area contributed by atoms with Gasteiger partial charge in [-0.05, 0) is 19.8 Å². The number of hydrogen-bond acceptors (Lipinski definition) is 4. The number of thioether (sulfide) groups is 1. The first-order valence-corrected chi connectivity index (χ1v) is 6.58. The lowest BCUT2D eigenvalue weighted by Gasteiger charge is -2.11. The van der Waals surface area contributed by atoms with E-state index < -0.39 is 17.9 Å². The second kappa shape index (κ2) is 4.99. The van der Waals surface area contributed by atoms with Crippen LogP contribution in [0.3, 0.4) is 0 Å². The van der Waals surface area contributed by atoms with Crippen LogP contribution < -0.4 is 0 Å². The quantitative estimate of drug-likeness (QED) is 0.682. The van der Waals surface area contributed by atoms with Crippen LogP contribution in [0.5, 0.6) is 0 Å². The fraction of sp³-hybridized carbons (Fsp3) is 0.545. The van der Waals surface area contributed by atoms with Gasteiger partial charge in [-0.3, -0.25) is 0 Å². The summed E-state index contributed by atoms with van der Waals surface area (Å²) < 4.78 is 36.7. The minimum atomic E-state index is -4.36. The molecule has 1 aromatic rings. The van der Waals surface area contributed by atoms with E-state index >= 15 is 0 Å². The van der Waals surface area contributed by atoms with E-state index in [9.17, 15) is 18.0 Å². The van der Waals surface area contributed by atoms with E-state index in [-0.39, 0.29) is 22.2 Å². The molecule has 104 valence electrons. The fourth-order valence-corrected chi connectivity index (χ4v) is 2.43. The van der Waals surface area contributed by atoms with Gasteiger partial charge in [0.25, 0.3) is 0 Å². The number of carboxylic acids is 1. The lowest BCUT2D eigenvalue weighted by atomic mass is 10.2. The number of carbonyl (C=O) groups is 1. The Kier molecular flexibility index (Phi) is 3.71. The predicted molar refractivity (Wildman–Crippen MR) is 62.5 cm³/mol. The van der Waals surface area contributed by atoms with Crippen LogP contribution in [-0.4, -0.2) is 33.0 Å². The Morgan fingerprint density at radius 2 is 2.05 bits per heavy atom. The molecule has 0 amide bonds. The van der Waals surface area contributed by atoms with Crippen molar-refractivity contribution in [2.45, 2.75) is 36.9 Å². The Bertz CT molecular complexity index is 515. The highest BCUT2D eigenvalue weighted by Gasteiger charge is 2.32. The number of rotatable bonds is 4. The SMILES string of the molecule is Cc1nc(C2CC2)nc(SCC(F)(F)F)c1C(=O)O. The van der Waals surface area contributed by atoms with Gasteiger partial charge in [-0.1, -0.05) is 11.8 Å². The molecule has 2 rings (SSSR count). The minimum Gasteiger partial charge on any atom is -0.478 e. The number of carboxylic acid groups (broad SMARTS) is 1. The molecule has 0 saturated heterocycles. The average Bonchev–Trinajstić information content (AvgIpc) is 3.07. The van der Waals surface area contributed by atoms with Crippen molar-refractivity contribution in [2.24, 2.45) is 0 Å². The Balaban J connectivity index is 2.33. The molecule has 0 bridgehead atoms. The van der Waals surface area contributed by atoms with E-state index in [1.165, 1.54) is 6.92 Å². The van der Waals surface area contributed by atoms with E-state index in [1.807, 2.05) is 0 Å². The number of nitrogens with zero attached hydrogens (tertiary/aromatic N) is 2. The molecule has 0 radical (unpaired) electrons. The third kappa shape index (κ3) is 3.59. The Labute approximate surface area is 111 Å². The lowest BCUT2D eigenvalue weighted by molar-refractivity contribution is -0.105. The maximum Gasteiger partial charge on any atom is 0.398 e. The molecule has 19 heavy (non-hydrogen) atoms. The number of aromatic carboxylic acids is 1. The summed E-state index contributed by atoms with van der Waals surface area (Å²) in [5, 5.41) is 8.95. The highest BCUT2D eigenvalue weighted by Crippen LogP contribution is 2.39. The normalized spacial score (nSPS) is 15.6. The smallest absolute Gasteiger partial charge is 0.398 e. The van der Waals surface area contributed by atoms with E-state index in [0.29, 0.717) is 17.6 Å². The van der Waals surface area contributed by atoms with Gasteiger partial charge in [0.2, 0.25) is 0 Å². The van der Waals surface area contributed by atoms with Crippen LogP contribution in [-0.2, 0) is 0 Å².